The topological polar surface area (TPSA) is 116 Å². The number of H-pyrrole nitrogens is 1. The lowest BCUT2D eigenvalue weighted by atomic mass is 10.1. The quantitative estimate of drug-likeness (QED) is 0.181. The van der Waals surface area contributed by atoms with Gasteiger partial charge in [-0.05, 0) is 13.3 Å². The van der Waals surface area contributed by atoms with Crippen molar-refractivity contribution in [3.8, 4) is 0 Å². The van der Waals surface area contributed by atoms with Crippen molar-refractivity contribution in [2.45, 2.75) is 19.8 Å². The van der Waals surface area contributed by atoms with Gasteiger partial charge in [-0.15, -0.1) is 0 Å². The Bertz CT molecular complexity index is 374. The molecule has 7 heteroatoms. The lowest BCUT2D eigenvalue weighted by molar-refractivity contribution is -0.122. The zero-order valence-electron chi connectivity index (χ0n) is 9.68. The van der Waals surface area contributed by atoms with Crippen molar-refractivity contribution in [3.63, 3.8) is 0 Å². The molecule has 0 bridgehead atoms. The van der Waals surface area contributed by atoms with Gasteiger partial charge in [-0.1, -0.05) is 5.16 Å². The Morgan fingerprint density at radius 2 is 2.53 bits per heavy atom. The summed E-state index contributed by atoms with van der Waals surface area (Å²) in [7, 11) is 0. The second kappa shape index (κ2) is 6.51. The monoisotopic (exact) mass is 239 g/mol. The van der Waals surface area contributed by atoms with E-state index in [2.05, 4.69) is 20.4 Å². The molecule has 0 saturated heterocycles. The molecule has 5 N–H and O–H groups in total. The summed E-state index contributed by atoms with van der Waals surface area (Å²) in [6.45, 7) is 2.11. The summed E-state index contributed by atoms with van der Waals surface area (Å²) in [6, 6.07) is 0. The molecule has 0 fully saturated rings. The highest BCUT2D eigenvalue weighted by molar-refractivity contribution is 6.01. The van der Waals surface area contributed by atoms with Crippen molar-refractivity contribution in [3.05, 3.63) is 18.2 Å². The molecule has 0 aliphatic heterocycles. The smallest absolute Gasteiger partial charge is 0.230 e. The minimum absolute atomic E-state index is 0.0893. The van der Waals surface area contributed by atoms with Crippen LogP contribution >= 0.6 is 0 Å². The van der Waals surface area contributed by atoms with Crippen LogP contribution in [0.5, 0.6) is 0 Å². The number of aromatic nitrogens is 2. The number of rotatable bonds is 6. The molecule has 1 aromatic heterocycles. The summed E-state index contributed by atoms with van der Waals surface area (Å²) in [5, 5.41) is 13.9. The second-order valence-corrected chi connectivity index (χ2v) is 3.68. The molecule has 0 aromatic carbocycles. The number of nitrogens with one attached hydrogen (secondary N) is 2. The standard InChI is InChI=1S/C10H17N5O2/c1-7(9(11)15-17)10(16)14-4-2-3-8-12-5-6-13-8/h5-7,17H,2-4H2,1H3,(H2,11,15)(H,12,13)(H,14,16). The minimum atomic E-state index is -0.622. The Kier molecular flexibility index (Phi) is 4.99. The van der Waals surface area contributed by atoms with Crippen LogP contribution in [0.2, 0.25) is 0 Å². The number of carbonyl (C=O) groups excluding carboxylic acids is 1. The van der Waals surface area contributed by atoms with Gasteiger partial charge in [0.25, 0.3) is 0 Å². The van der Waals surface area contributed by atoms with Crippen molar-refractivity contribution in [1.29, 1.82) is 0 Å². The number of oxime groups is 1. The maximum absolute atomic E-state index is 11.5. The molecule has 1 unspecified atom stereocenters. The van der Waals surface area contributed by atoms with Gasteiger partial charge in [0.15, 0.2) is 5.84 Å². The van der Waals surface area contributed by atoms with E-state index >= 15 is 0 Å². The maximum atomic E-state index is 11.5. The number of nitrogens with two attached hydrogens (primary N) is 1. The highest BCUT2D eigenvalue weighted by Crippen LogP contribution is 1.96. The first-order chi connectivity index (χ1) is 8.15. The van der Waals surface area contributed by atoms with E-state index in [4.69, 9.17) is 10.9 Å². The molecule has 0 spiro atoms. The van der Waals surface area contributed by atoms with E-state index in [0.717, 1.165) is 18.7 Å². The second-order valence-electron chi connectivity index (χ2n) is 3.68. The summed E-state index contributed by atoms with van der Waals surface area (Å²) < 4.78 is 0. The molecule has 1 atom stereocenters. The number of hydrogen-bond donors (Lipinski definition) is 4. The van der Waals surface area contributed by atoms with E-state index in [1.54, 1.807) is 19.3 Å². The third-order valence-electron chi connectivity index (χ3n) is 2.40. The van der Waals surface area contributed by atoms with E-state index in [9.17, 15) is 4.79 Å². The predicted octanol–water partition coefficient (Wildman–Crippen LogP) is -0.159. The summed E-state index contributed by atoms with van der Waals surface area (Å²) >= 11 is 0. The summed E-state index contributed by atoms with van der Waals surface area (Å²) in [5.41, 5.74) is 5.32. The van der Waals surface area contributed by atoms with E-state index in [0.29, 0.717) is 6.54 Å². The van der Waals surface area contributed by atoms with Crippen LogP contribution in [0.3, 0.4) is 0 Å². The van der Waals surface area contributed by atoms with Crippen LogP contribution in [-0.2, 0) is 11.2 Å². The zero-order valence-corrected chi connectivity index (χ0v) is 9.68. The van der Waals surface area contributed by atoms with Crippen LogP contribution in [0.25, 0.3) is 0 Å². The number of aromatic amines is 1. The highest BCUT2D eigenvalue weighted by Gasteiger charge is 2.16. The summed E-state index contributed by atoms with van der Waals surface area (Å²) in [6.07, 6.45) is 5.00. The normalized spacial score (nSPS) is 13.4. The first-order valence-electron chi connectivity index (χ1n) is 5.38. The van der Waals surface area contributed by atoms with Gasteiger partial charge >= 0.3 is 0 Å². The molecule has 94 valence electrons. The Morgan fingerprint density at radius 1 is 1.76 bits per heavy atom. The Labute approximate surface area is 99.1 Å². The molecule has 17 heavy (non-hydrogen) atoms. The molecule has 1 heterocycles. The Hall–Kier alpha value is -2.05. The molecule has 1 amide bonds. The number of imidazole rings is 1. The van der Waals surface area contributed by atoms with Crippen LogP contribution in [-0.4, -0.2) is 33.5 Å². The molecular formula is C10H17N5O2. The van der Waals surface area contributed by atoms with Gasteiger partial charge < -0.3 is 21.2 Å². The predicted molar refractivity (Wildman–Crippen MR) is 62.5 cm³/mol. The minimum Gasteiger partial charge on any atom is -0.409 e. The molecule has 1 aromatic rings. The fraction of sp³-hybridized carbons (Fsp3) is 0.500. The molecule has 0 radical (unpaired) electrons. The van der Waals surface area contributed by atoms with Gasteiger partial charge in [0.2, 0.25) is 5.91 Å². The van der Waals surface area contributed by atoms with Crippen molar-refractivity contribution in [2.24, 2.45) is 16.8 Å². The first-order valence-corrected chi connectivity index (χ1v) is 5.38. The van der Waals surface area contributed by atoms with Gasteiger partial charge in [-0.2, -0.15) is 0 Å². The van der Waals surface area contributed by atoms with Crippen LogP contribution in [0.4, 0.5) is 0 Å². The van der Waals surface area contributed by atoms with Gasteiger partial charge in [-0.25, -0.2) is 4.98 Å². The van der Waals surface area contributed by atoms with Gasteiger partial charge in [0.05, 0.1) is 5.92 Å². The number of carbonyl (C=O) groups is 1. The van der Waals surface area contributed by atoms with Crippen LogP contribution in [0, 0.1) is 5.92 Å². The number of hydrogen-bond acceptors (Lipinski definition) is 4. The van der Waals surface area contributed by atoms with Crippen molar-refractivity contribution < 1.29 is 10.0 Å². The molecule has 0 aliphatic rings. The molecular weight excluding hydrogens is 222 g/mol. The fourth-order valence-corrected chi connectivity index (χ4v) is 1.28. The SMILES string of the molecule is CC(C(=O)NCCCc1ncc[nH]1)/C(N)=N/O. The van der Waals surface area contributed by atoms with Crippen LogP contribution in [0.1, 0.15) is 19.2 Å². The van der Waals surface area contributed by atoms with Gasteiger partial charge in [0, 0.05) is 25.4 Å². The van der Waals surface area contributed by atoms with E-state index in [-0.39, 0.29) is 11.7 Å². The third-order valence-corrected chi connectivity index (χ3v) is 2.40. The molecule has 1 rings (SSSR count). The average Bonchev–Trinajstić information content (AvgIpc) is 2.85. The number of aryl methyl sites for hydroxylation is 1. The molecule has 0 saturated carbocycles. The van der Waals surface area contributed by atoms with Crippen LogP contribution < -0.4 is 11.1 Å². The van der Waals surface area contributed by atoms with E-state index in [1.807, 2.05) is 0 Å². The highest BCUT2D eigenvalue weighted by atomic mass is 16.4. The lowest BCUT2D eigenvalue weighted by Crippen LogP contribution is -2.37. The van der Waals surface area contributed by atoms with Crippen molar-refractivity contribution >= 4 is 11.7 Å². The van der Waals surface area contributed by atoms with Gasteiger partial charge in [0.1, 0.15) is 5.82 Å². The first kappa shape index (κ1) is 13.0. The fourth-order valence-electron chi connectivity index (χ4n) is 1.28. The van der Waals surface area contributed by atoms with Crippen LogP contribution in [0.15, 0.2) is 17.5 Å². The van der Waals surface area contributed by atoms with E-state index in [1.165, 1.54) is 0 Å². The maximum Gasteiger partial charge on any atom is 0.230 e. The molecule has 0 aliphatic carbocycles. The number of amidine groups is 1. The largest absolute Gasteiger partial charge is 0.409 e. The Balaban J connectivity index is 2.20. The van der Waals surface area contributed by atoms with E-state index < -0.39 is 5.92 Å². The van der Waals surface area contributed by atoms with Crippen molar-refractivity contribution in [1.82, 2.24) is 15.3 Å². The number of amides is 1. The Morgan fingerprint density at radius 3 is 3.12 bits per heavy atom. The van der Waals surface area contributed by atoms with Gasteiger partial charge in [-0.3, -0.25) is 4.79 Å². The average molecular weight is 239 g/mol. The summed E-state index contributed by atoms with van der Waals surface area (Å²) in [5.74, 6) is -0.0689. The summed E-state index contributed by atoms with van der Waals surface area (Å²) in [4.78, 5) is 18.5. The van der Waals surface area contributed by atoms with Crippen molar-refractivity contribution in [2.75, 3.05) is 6.54 Å². The number of nitrogens with zero attached hydrogens (tertiary/aromatic N) is 2. The molecule has 7 nitrogen and oxygen atoms in total. The third kappa shape index (κ3) is 4.13. The zero-order chi connectivity index (χ0) is 12.7. The lowest BCUT2D eigenvalue weighted by Gasteiger charge is -2.10.